The van der Waals surface area contributed by atoms with Crippen molar-refractivity contribution in [2.75, 3.05) is 24.2 Å². The maximum atomic E-state index is 13.9. The predicted octanol–water partition coefficient (Wildman–Crippen LogP) is 4.22. The Balaban J connectivity index is 2.06. The number of nitrogens with one attached hydrogen (secondary N) is 1. The van der Waals surface area contributed by atoms with Crippen molar-refractivity contribution < 1.29 is 18.0 Å². The lowest BCUT2D eigenvalue weighted by atomic mass is 10.0. The molecule has 1 atom stereocenters. The summed E-state index contributed by atoms with van der Waals surface area (Å²) < 4.78 is 27.7. The van der Waals surface area contributed by atoms with E-state index >= 15 is 0 Å². The zero-order chi connectivity index (χ0) is 27.2. The summed E-state index contributed by atoms with van der Waals surface area (Å²) in [6.07, 6.45) is 1.36. The molecule has 0 heterocycles. The van der Waals surface area contributed by atoms with Gasteiger partial charge in [0, 0.05) is 24.5 Å². The van der Waals surface area contributed by atoms with E-state index in [-0.39, 0.29) is 18.9 Å². The number of nitrogens with zero attached hydrogens (tertiary/aromatic N) is 2. The summed E-state index contributed by atoms with van der Waals surface area (Å²) in [6, 6.07) is 21.5. The molecule has 3 aromatic carbocycles. The topological polar surface area (TPSA) is 86.8 Å². The molecule has 0 fully saturated rings. The second-order valence-corrected chi connectivity index (χ2v) is 11.9. The molecule has 0 radical (unpaired) electrons. The number of sulfonamides is 1. The Morgan fingerprint density at radius 2 is 1.62 bits per heavy atom. The Bertz CT molecular complexity index is 1360. The molecule has 1 unspecified atom stereocenters. The standard InChI is InChI=1S/C28H32BrN3O4S/c1-20-13-14-21(2)25(15-20)32(37(4,35)36)19-27(33)31(18-23-11-8-12-24(29)16-23)26(28(34)30-3)17-22-9-6-5-7-10-22/h5-16,26H,17-19H2,1-4H3,(H,30,34). The number of aryl methyl sites for hydroxylation is 2. The molecule has 37 heavy (non-hydrogen) atoms. The molecule has 3 rings (SSSR count). The van der Waals surface area contributed by atoms with Gasteiger partial charge in [-0.15, -0.1) is 0 Å². The summed E-state index contributed by atoms with van der Waals surface area (Å²) in [6.45, 7) is 3.37. The van der Waals surface area contributed by atoms with Crippen LogP contribution in [0.4, 0.5) is 5.69 Å². The number of benzene rings is 3. The minimum Gasteiger partial charge on any atom is -0.357 e. The van der Waals surface area contributed by atoms with Crippen LogP contribution in [-0.4, -0.2) is 51.0 Å². The SMILES string of the molecule is CNC(=O)C(Cc1ccccc1)N(Cc1cccc(Br)c1)C(=O)CN(c1cc(C)ccc1C)S(C)(=O)=O. The summed E-state index contributed by atoms with van der Waals surface area (Å²) in [5.41, 5.74) is 3.74. The molecule has 7 nitrogen and oxygen atoms in total. The Hall–Kier alpha value is -3.17. The molecule has 2 amide bonds. The van der Waals surface area contributed by atoms with Crippen LogP contribution in [0.15, 0.2) is 77.3 Å². The Kier molecular flexibility index (Phi) is 9.50. The summed E-state index contributed by atoms with van der Waals surface area (Å²) in [7, 11) is -2.27. The molecule has 0 aliphatic heterocycles. The first-order chi connectivity index (χ1) is 17.5. The highest BCUT2D eigenvalue weighted by Gasteiger charge is 2.33. The van der Waals surface area contributed by atoms with E-state index in [9.17, 15) is 18.0 Å². The molecule has 9 heteroatoms. The largest absolute Gasteiger partial charge is 0.357 e. The second-order valence-electron chi connectivity index (χ2n) is 9.03. The Morgan fingerprint density at radius 1 is 0.946 bits per heavy atom. The minimum atomic E-state index is -3.80. The first kappa shape index (κ1) is 28.4. The zero-order valence-corrected chi connectivity index (χ0v) is 23.8. The lowest BCUT2D eigenvalue weighted by Crippen LogP contribution is -2.53. The summed E-state index contributed by atoms with van der Waals surface area (Å²) in [5, 5.41) is 2.68. The second kappa shape index (κ2) is 12.4. The highest BCUT2D eigenvalue weighted by Crippen LogP contribution is 2.25. The van der Waals surface area contributed by atoms with Gasteiger partial charge >= 0.3 is 0 Å². The van der Waals surface area contributed by atoms with Crippen molar-refractivity contribution in [2.45, 2.75) is 32.9 Å². The van der Waals surface area contributed by atoms with Gasteiger partial charge in [-0.05, 0) is 54.3 Å². The number of carbonyl (C=O) groups is 2. The van der Waals surface area contributed by atoms with Gasteiger partial charge in [-0.2, -0.15) is 0 Å². The Labute approximate surface area is 227 Å². The summed E-state index contributed by atoms with van der Waals surface area (Å²) in [5.74, 6) is -0.805. The number of hydrogen-bond acceptors (Lipinski definition) is 4. The van der Waals surface area contributed by atoms with Crippen molar-refractivity contribution in [3.8, 4) is 0 Å². The molecule has 0 bridgehead atoms. The monoisotopic (exact) mass is 585 g/mol. The quantitative estimate of drug-likeness (QED) is 0.386. The number of likely N-dealkylation sites (N-methyl/N-ethyl adjacent to an activating group) is 1. The van der Waals surface area contributed by atoms with Crippen LogP contribution in [0.1, 0.15) is 22.3 Å². The molecule has 1 N–H and O–H groups in total. The van der Waals surface area contributed by atoms with E-state index in [1.165, 1.54) is 11.9 Å². The van der Waals surface area contributed by atoms with Gasteiger partial charge in [0.1, 0.15) is 12.6 Å². The fourth-order valence-corrected chi connectivity index (χ4v) is 5.48. The van der Waals surface area contributed by atoms with Crippen LogP contribution in [0.5, 0.6) is 0 Å². The number of rotatable bonds is 10. The molecule has 0 aromatic heterocycles. The van der Waals surface area contributed by atoms with Crippen molar-refractivity contribution >= 4 is 43.5 Å². The van der Waals surface area contributed by atoms with Gasteiger partial charge in [-0.3, -0.25) is 13.9 Å². The molecule has 0 aliphatic rings. The molecule has 3 aromatic rings. The van der Waals surface area contributed by atoms with Crippen LogP contribution in [0.25, 0.3) is 0 Å². The number of amides is 2. The summed E-state index contributed by atoms with van der Waals surface area (Å²) >= 11 is 3.46. The van der Waals surface area contributed by atoms with Crippen LogP contribution in [0.3, 0.4) is 0 Å². The number of anilines is 1. The van der Waals surface area contributed by atoms with E-state index in [1.54, 1.807) is 13.0 Å². The molecule has 196 valence electrons. The lowest BCUT2D eigenvalue weighted by molar-refractivity contribution is -0.139. The molecule has 0 saturated heterocycles. The smallest absolute Gasteiger partial charge is 0.244 e. The normalized spacial score (nSPS) is 12.0. The zero-order valence-electron chi connectivity index (χ0n) is 21.4. The van der Waals surface area contributed by atoms with Crippen LogP contribution < -0.4 is 9.62 Å². The van der Waals surface area contributed by atoms with Crippen molar-refractivity contribution in [1.29, 1.82) is 0 Å². The van der Waals surface area contributed by atoms with Gasteiger partial charge in [0.2, 0.25) is 21.8 Å². The van der Waals surface area contributed by atoms with Crippen LogP contribution in [-0.2, 0) is 32.6 Å². The molecule has 0 aliphatic carbocycles. The van der Waals surface area contributed by atoms with Crippen molar-refractivity contribution in [3.63, 3.8) is 0 Å². The number of halogens is 1. The van der Waals surface area contributed by atoms with Gasteiger partial charge in [0.05, 0.1) is 11.9 Å². The average Bonchev–Trinajstić information content (AvgIpc) is 2.85. The maximum absolute atomic E-state index is 13.9. The highest BCUT2D eigenvalue weighted by molar-refractivity contribution is 9.10. The van der Waals surface area contributed by atoms with Gasteiger partial charge < -0.3 is 10.2 Å². The van der Waals surface area contributed by atoms with E-state index in [1.807, 2.05) is 73.7 Å². The van der Waals surface area contributed by atoms with E-state index in [2.05, 4.69) is 21.2 Å². The predicted molar refractivity (Wildman–Crippen MR) is 151 cm³/mol. The third-order valence-corrected chi connectivity index (χ3v) is 7.69. The van der Waals surface area contributed by atoms with Crippen molar-refractivity contribution in [2.24, 2.45) is 0 Å². The van der Waals surface area contributed by atoms with Crippen molar-refractivity contribution in [3.05, 3.63) is 99.5 Å². The Morgan fingerprint density at radius 3 is 2.24 bits per heavy atom. The molecule has 0 spiro atoms. The van der Waals surface area contributed by atoms with Crippen LogP contribution >= 0.6 is 15.9 Å². The molecule has 0 saturated carbocycles. The third-order valence-electron chi connectivity index (χ3n) is 6.07. The van der Waals surface area contributed by atoms with Gasteiger partial charge in [-0.25, -0.2) is 8.42 Å². The van der Waals surface area contributed by atoms with Gasteiger partial charge in [0.15, 0.2) is 0 Å². The number of hydrogen-bond donors (Lipinski definition) is 1. The summed E-state index contributed by atoms with van der Waals surface area (Å²) in [4.78, 5) is 28.5. The number of carbonyl (C=O) groups excluding carboxylic acids is 2. The molecular formula is C28H32BrN3O4S. The first-order valence-corrected chi connectivity index (χ1v) is 14.5. The third kappa shape index (κ3) is 7.66. The fraction of sp³-hybridized carbons (Fsp3) is 0.286. The highest BCUT2D eigenvalue weighted by atomic mass is 79.9. The minimum absolute atomic E-state index is 0.133. The van der Waals surface area contributed by atoms with E-state index in [0.717, 1.165) is 37.3 Å². The van der Waals surface area contributed by atoms with Crippen LogP contribution in [0, 0.1) is 13.8 Å². The van der Waals surface area contributed by atoms with Gasteiger partial charge in [-0.1, -0.05) is 70.5 Å². The van der Waals surface area contributed by atoms with E-state index < -0.39 is 28.5 Å². The first-order valence-electron chi connectivity index (χ1n) is 11.8. The van der Waals surface area contributed by atoms with E-state index in [4.69, 9.17) is 0 Å². The van der Waals surface area contributed by atoms with Gasteiger partial charge in [0.25, 0.3) is 0 Å². The van der Waals surface area contributed by atoms with E-state index in [0.29, 0.717) is 5.69 Å². The lowest BCUT2D eigenvalue weighted by Gasteiger charge is -2.33. The van der Waals surface area contributed by atoms with Crippen molar-refractivity contribution in [1.82, 2.24) is 10.2 Å². The average molecular weight is 587 g/mol. The van der Waals surface area contributed by atoms with Crippen LogP contribution in [0.2, 0.25) is 0 Å². The molecular weight excluding hydrogens is 554 g/mol. The maximum Gasteiger partial charge on any atom is 0.244 e. The fourth-order valence-electron chi connectivity index (χ4n) is 4.14.